The highest BCUT2D eigenvalue weighted by molar-refractivity contribution is 6.43. The van der Waals surface area contributed by atoms with Crippen molar-refractivity contribution in [1.82, 2.24) is 0 Å². The summed E-state index contributed by atoms with van der Waals surface area (Å²) in [4.78, 5) is 22.8. The molecule has 128 valence electrons. The number of ether oxygens (including phenoxy) is 3. The summed E-state index contributed by atoms with van der Waals surface area (Å²) in [5, 5.41) is 15.3. The van der Waals surface area contributed by atoms with Gasteiger partial charge < -0.3 is 19.5 Å². The Kier molecular flexibility index (Phi) is 7.03. The van der Waals surface area contributed by atoms with E-state index >= 15 is 0 Å². The van der Waals surface area contributed by atoms with Crippen LogP contribution in [0.15, 0.2) is 17.2 Å². The molecule has 9 nitrogen and oxygen atoms in total. The van der Waals surface area contributed by atoms with Crippen molar-refractivity contribution in [3.05, 3.63) is 12.1 Å². The van der Waals surface area contributed by atoms with Crippen LogP contribution in [-0.2, 0) is 14.3 Å². The number of amides is 1. The van der Waals surface area contributed by atoms with Crippen molar-refractivity contribution >= 4 is 29.0 Å². The second-order valence-electron chi connectivity index (χ2n) is 4.34. The molecule has 1 aromatic carbocycles. The van der Waals surface area contributed by atoms with Crippen LogP contribution >= 0.6 is 0 Å². The third-order valence-corrected chi connectivity index (χ3v) is 2.70. The summed E-state index contributed by atoms with van der Waals surface area (Å²) in [7, 11) is 2.85. The summed E-state index contributed by atoms with van der Waals surface area (Å²) in [6, 6.07) is 4.67. The van der Waals surface area contributed by atoms with E-state index in [2.05, 4.69) is 15.8 Å². The number of rotatable bonds is 7. The predicted molar refractivity (Wildman–Crippen MR) is 87.2 cm³/mol. The predicted octanol–water partition coefficient (Wildman–Crippen LogP) is 1.52. The van der Waals surface area contributed by atoms with Gasteiger partial charge in [0.15, 0.2) is 0 Å². The maximum atomic E-state index is 11.5. The van der Waals surface area contributed by atoms with Gasteiger partial charge in [-0.15, -0.1) is 0 Å². The largest absolute Gasteiger partial charge is 0.494 e. The lowest BCUT2D eigenvalue weighted by molar-refractivity contribution is -0.134. The number of hydrazone groups is 1. The van der Waals surface area contributed by atoms with E-state index in [9.17, 15) is 9.59 Å². The Bertz CT molecular complexity index is 694. The summed E-state index contributed by atoms with van der Waals surface area (Å²) in [6.45, 7) is 3.11. The first-order valence-corrected chi connectivity index (χ1v) is 6.91. The zero-order chi connectivity index (χ0) is 18.1. The molecule has 0 aliphatic rings. The Morgan fingerprint density at radius 2 is 1.79 bits per heavy atom. The minimum absolute atomic E-state index is 0.127. The van der Waals surface area contributed by atoms with E-state index in [4.69, 9.17) is 19.5 Å². The number of carbonyl (C=O) groups excluding carboxylic acids is 2. The van der Waals surface area contributed by atoms with Crippen LogP contribution in [0.4, 0.5) is 11.4 Å². The van der Waals surface area contributed by atoms with Gasteiger partial charge in [0.1, 0.15) is 23.3 Å². The summed E-state index contributed by atoms with van der Waals surface area (Å²) in [5.74, 6) is -0.445. The molecule has 0 aliphatic heterocycles. The molecular formula is C15H18N4O5. The Labute approximate surface area is 139 Å². The third kappa shape index (κ3) is 4.88. The van der Waals surface area contributed by atoms with Gasteiger partial charge in [-0.3, -0.25) is 10.2 Å². The Hall–Kier alpha value is -3.28. The van der Waals surface area contributed by atoms with Crippen LogP contribution in [0.5, 0.6) is 11.5 Å². The SMILES string of the molecule is CCOC(=O)/C(C#N)=N/Nc1cc(OC)c(NC(C)=O)cc1OC. The second kappa shape index (κ2) is 8.99. The van der Waals surface area contributed by atoms with Gasteiger partial charge in [0.2, 0.25) is 11.6 Å². The standard InChI is InChI=1S/C15H18N4O5/c1-5-24-15(21)12(8-16)19-18-11-7-13(22-3)10(17-9(2)20)6-14(11)23-4/h6-7,18H,5H2,1-4H3,(H,17,20)/b19-12+. The van der Waals surface area contributed by atoms with Gasteiger partial charge in [-0.25, -0.2) is 4.79 Å². The summed E-state index contributed by atoms with van der Waals surface area (Å²) in [5.41, 5.74) is 2.85. The third-order valence-electron chi connectivity index (χ3n) is 2.70. The Morgan fingerprint density at radius 3 is 2.29 bits per heavy atom. The molecule has 0 fully saturated rings. The normalized spacial score (nSPS) is 10.4. The molecule has 24 heavy (non-hydrogen) atoms. The maximum Gasteiger partial charge on any atom is 0.369 e. The highest BCUT2D eigenvalue weighted by atomic mass is 16.5. The number of esters is 1. The fourth-order valence-corrected chi connectivity index (χ4v) is 1.70. The molecule has 0 bridgehead atoms. The van der Waals surface area contributed by atoms with Crippen LogP contribution in [0.1, 0.15) is 13.8 Å². The quantitative estimate of drug-likeness (QED) is 0.440. The lowest BCUT2D eigenvalue weighted by Crippen LogP contribution is -2.17. The molecule has 0 saturated heterocycles. The minimum atomic E-state index is -0.840. The molecule has 0 atom stereocenters. The molecule has 0 heterocycles. The van der Waals surface area contributed by atoms with Gasteiger partial charge in [-0.1, -0.05) is 0 Å². The first-order valence-electron chi connectivity index (χ1n) is 6.91. The van der Waals surface area contributed by atoms with Crippen molar-refractivity contribution in [3.63, 3.8) is 0 Å². The number of anilines is 2. The monoisotopic (exact) mass is 334 g/mol. The van der Waals surface area contributed by atoms with Gasteiger partial charge in [0, 0.05) is 19.1 Å². The fraction of sp³-hybridized carbons (Fsp3) is 0.333. The first-order chi connectivity index (χ1) is 11.5. The van der Waals surface area contributed by atoms with Crippen LogP contribution in [-0.4, -0.2) is 38.4 Å². The number of nitrogens with one attached hydrogen (secondary N) is 2. The second-order valence-corrected chi connectivity index (χ2v) is 4.34. The van der Waals surface area contributed by atoms with E-state index < -0.39 is 11.7 Å². The van der Waals surface area contributed by atoms with Crippen LogP contribution in [0.25, 0.3) is 0 Å². The lowest BCUT2D eigenvalue weighted by atomic mass is 10.2. The zero-order valence-electron chi connectivity index (χ0n) is 13.8. The molecule has 0 aromatic heterocycles. The van der Waals surface area contributed by atoms with Crippen LogP contribution in [0, 0.1) is 11.3 Å². The highest BCUT2D eigenvalue weighted by Crippen LogP contribution is 2.36. The summed E-state index contributed by atoms with van der Waals surface area (Å²) in [6.07, 6.45) is 0. The molecule has 1 rings (SSSR count). The number of benzene rings is 1. The van der Waals surface area contributed by atoms with E-state index in [-0.39, 0.29) is 12.5 Å². The van der Waals surface area contributed by atoms with E-state index in [1.54, 1.807) is 13.0 Å². The molecular weight excluding hydrogens is 316 g/mol. The van der Waals surface area contributed by atoms with Crippen molar-refractivity contribution in [2.75, 3.05) is 31.6 Å². The van der Waals surface area contributed by atoms with Crippen LogP contribution in [0.2, 0.25) is 0 Å². The van der Waals surface area contributed by atoms with Crippen molar-refractivity contribution in [3.8, 4) is 17.6 Å². The number of hydrogen-bond donors (Lipinski definition) is 2. The smallest absolute Gasteiger partial charge is 0.369 e. The zero-order valence-corrected chi connectivity index (χ0v) is 13.8. The molecule has 0 unspecified atom stereocenters. The molecule has 9 heteroatoms. The van der Waals surface area contributed by atoms with E-state index in [1.165, 1.54) is 33.3 Å². The van der Waals surface area contributed by atoms with Crippen LogP contribution in [0.3, 0.4) is 0 Å². The average Bonchev–Trinajstić information content (AvgIpc) is 2.55. The molecule has 0 aliphatic carbocycles. The first kappa shape index (κ1) is 18.8. The van der Waals surface area contributed by atoms with Gasteiger partial charge in [-0.2, -0.15) is 10.4 Å². The summed E-state index contributed by atoms with van der Waals surface area (Å²) < 4.78 is 15.1. The molecule has 1 amide bonds. The van der Waals surface area contributed by atoms with E-state index in [1.807, 2.05) is 0 Å². The minimum Gasteiger partial charge on any atom is -0.494 e. The van der Waals surface area contributed by atoms with Gasteiger partial charge in [0.25, 0.3) is 0 Å². The number of nitrogens with zero attached hydrogens (tertiary/aromatic N) is 2. The number of carbonyl (C=O) groups is 2. The number of methoxy groups -OCH3 is 2. The molecule has 1 aromatic rings. The fourth-order valence-electron chi connectivity index (χ4n) is 1.70. The Morgan fingerprint density at radius 1 is 1.21 bits per heavy atom. The topological polar surface area (TPSA) is 122 Å². The number of nitriles is 1. The molecule has 0 spiro atoms. The average molecular weight is 334 g/mol. The summed E-state index contributed by atoms with van der Waals surface area (Å²) >= 11 is 0. The molecule has 0 radical (unpaired) electrons. The molecule has 2 N–H and O–H groups in total. The van der Waals surface area contributed by atoms with Gasteiger partial charge in [0.05, 0.1) is 26.5 Å². The van der Waals surface area contributed by atoms with Crippen LogP contribution < -0.4 is 20.2 Å². The van der Waals surface area contributed by atoms with Crippen molar-refractivity contribution in [2.24, 2.45) is 5.10 Å². The van der Waals surface area contributed by atoms with Crippen molar-refractivity contribution in [1.29, 1.82) is 5.26 Å². The van der Waals surface area contributed by atoms with Gasteiger partial charge in [-0.05, 0) is 6.92 Å². The van der Waals surface area contributed by atoms with Crippen molar-refractivity contribution in [2.45, 2.75) is 13.8 Å². The van der Waals surface area contributed by atoms with Crippen molar-refractivity contribution < 1.29 is 23.8 Å². The van der Waals surface area contributed by atoms with Gasteiger partial charge >= 0.3 is 5.97 Å². The molecule has 0 saturated carbocycles. The highest BCUT2D eigenvalue weighted by Gasteiger charge is 2.15. The Balaban J connectivity index is 3.17. The maximum absolute atomic E-state index is 11.5. The number of hydrogen-bond acceptors (Lipinski definition) is 8. The van der Waals surface area contributed by atoms with E-state index in [0.29, 0.717) is 22.9 Å². The van der Waals surface area contributed by atoms with E-state index in [0.717, 1.165) is 0 Å². The lowest BCUT2D eigenvalue weighted by Gasteiger charge is -2.14.